The van der Waals surface area contributed by atoms with E-state index in [1.807, 2.05) is 30.3 Å². The van der Waals surface area contributed by atoms with Crippen LogP contribution in [0, 0.1) is 0 Å². The molecule has 1 amide bonds. The van der Waals surface area contributed by atoms with Crippen LogP contribution in [0.3, 0.4) is 0 Å². The van der Waals surface area contributed by atoms with Crippen LogP contribution in [0.5, 0.6) is 5.75 Å². The van der Waals surface area contributed by atoms with E-state index in [0.29, 0.717) is 19.7 Å². The predicted molar refractivity (Wildman–Crippen MR) is 63.5 cm³/mol. The van der Waals surface area contributed by atoms with E-state index < -0.39 is 0 Å². The molecule has 0 unspecified atom stereocenters. The van der Waals surface area contributed by atoms with Gasteiger partial charge in [-0.15, -0.1) is 0 Å². The highest BCUT2D eigenvalue weighted by Crippen LogP contribution is 2.07. The van der Waals surface area contributed by atoms with Crippen molar-refractivity contribution in [3.8, 4) is 5.75 Å². The summed E-state index contributed by atoms with van der Waals surface area (Å²) < 4.78 is 5.48. The molecule has 0 aromatic heterocycles. The molecule has 0 saturated heterocycles. The van der Waals surface area contributed by atoms with Gasteiger partial charge in [-0.2, -0.15) is 0 Å². The second-order valence-electron chi connectivity index (χ2n) is 3.40. The molecule has 0 atom stereocenters. The highest BCUT2D eigenvalue weighted by Gasteiger charge is 1.97. The Labute approximate surface area is 96.0 Å². The van der Waals surface area contributed by atoms with Crippen molar-refractivity contribution in [3.05, 3.63) is 30.3 Å². The Kier molecular flexibility index (Phi) is 6.03. The second kappa shape index (κ2) is 7.70. The van der Waals surface area contributed by atoms with E-state index in [4.69, 9.17) is 4.74 Å². The lowest BCUT2D eigenvalue weighted by atomic mass is 10.3. The van der Waals surface area contributed by atoms with E-state index in [-0.39, 0.29) is 5.91 Å². The first-order chi connectivity index (χ1) is 7.83. The molecule has 0 aliphatic carbocycles. The Balaban J connectivity index is 2.02. The number of nitrogens with one attached hydrogen (secondary N) is 2. The maximum absolute atomic E-state index is 11.1. The van der Waals surface area contributed by atoms with E-state index in [9.17, 15) is 4.79 Å². The zero-order chi connectivity index (χ0) is 11.6. The molecule has 2 N–H and O–H groups in total. The number of para-hydroxylation sites is 1. The van der Waals surface area contributed by atoms with Crippen molar-refractivity contribution in [1.29, 1.82) is 0 Å². The molecular formula is C12H18N2O2. The molecular weight excluding hydrogens is 204 g/mol. The van der Waals surface area contributed by atoms with Crippen LogP contribution < -0.4 is 15.4 Å². The van der Waals surface area contributed by atoms with Crippen molar-refractivity contribution < 1.29 is 9.53 Å². The van der Waals surface area contributed by atoms with Crippen LogP contribution in [-0.2, 0) is 4.79 Å². The van der Waals surface area contributed by atoms with Gasteiger partial charge in [-0.3, -0.25) is 4.79 Å². The smallest absolute Gasteiger partial charge is 0.233 e. The number of hydrogen-bond donors (Lipinski definition) is 2. The molecule has 0 fully saturated rings. The van der Waals surface area contributed by atoms with E-state index in [0.717, 1.165) is 12.2 Å². The number of ether oxygens (including phenoxy) is 1. The number of carbonyl (C=O) groups is 1. The van der Waals surface area contributed by atoms with Gasteiger partial charge in [-0.25, -0.2) is 0 Å². The zero-order valence-electron chi connectivity index (χ0n) is 9.53. The van der Waals surface area contributed by atoms with Gasteiger partial charge < -0.3 is 15.4 Å². The lowest BCUT2D eigenvalue weighted by Gasteiger charge is -2.06. The van der Waals surface area contributed by atoms with Crippen molar-refractivity contribution in [2.24, 2.45) is 0 Å². The van der Waals surface area contributed by atoms with Gasteiger partial charge in [-0.1, -0.05) is 18.2 Å². The van der Waals surface area contributed by atoms with E-state index in [1.54, 1.807) is 7.05 Å². The highest BCUT2D eigenvalue weighted by molar-refractivity contribution is 5.77. The number of amides is 1. The third kappa shape index (κ3) is 5.36. The number of likely N-dealkylation sites (N-methyl/N-ethyl adjacent to an activating group) is 1. The monoisotopic (exact) mass is 222 g/mol. The van der Waals surface area contributed by atoms with Crippen LogP contribution >= 0.6 is 0 Å². The summed E-state index contributed by atoms with van der Waals surface area (Å²) in [5.41, 5.74) is 0. The highest BCUT2D eigenvalue weighted by atomic mass is 16.5. The molecule has 1 rings (SSSR count). The fourth-order valence-corrected chi connectivity index (χ4v) is 1.23. The normalized spacial score (nSPS) is 9.81. The van der Waals surface area contributed by atoms with Crippen molar-refractivity contribution in [1.82, 2.24) is 10.6 Å². The number of rotatable bonds is 7. The molecule has 0 bridgehead atoms. The number of carbonyl (C=O) groups excluding carboxylic acids is 1. The topological polar surface area (TPSA) is 50.4 Å². The minimum absolute atomic E-state index is 0.0159. The van der Waals surface area contributed by atoms with Crippen molar-refractivity contribution in [3.63, 3.8) is 0 Å². The first-order valence-electron chi connectivity index (χ1n) is 5.42. The molecule has 0 radical (unpaired) electrons. The third-order valence-corrected chi connectivity index (χ3v) is 1.99. The molecule has 0 aliphatic rings. The van der Waals surface area contributed by atoms with E-state index >= 15 is 0 Å². The lowest BCUT2D eigenvalue weighted by Crippen LogP contribution is -2.33. The standard InChI is InChI=1S/C12H18N2O2/c1-13-10-12(15)14-8-5-9-16-11-6-3-2-4-7-11/h2-4,6-7,13H,5,8-10H2,1H3,(H,14,15). The van der Waals surface area contributed by atoms with Crippen LogP contribution in [0.1, 0.15) is 6.42 Å². The van der Waals surface area contributed by atoms with E-state index in [2.05, 4.69) is 10.6 Å². The zero-order valence-corrected chi connectivity index (χ0v) is 9.53. The summed E-state index contributed by atoms with van der Waals surface area (Å²) in [5, 5.41) is 5.58. The SMILES string of the molecule is CNCC(=O)NCCCOc1ccccc1. The summed E-state index contributed by atoms with van der Waals surface area (Å²) in [4.78, 5) is 11.1. The fraction of sp³-hybridized carbons (Fsp3) is 0.417. The average molecular weight is 222 g/mol. The van der Waals surface area contributed by atoms with E-state index in [1.165, 1.54) is 0 Å². The Morgan fingerprint density at radius 3 is 2.75 bits per heavy atom. The van der Waals surface area contributed by atoms with Crippen LogP contribution in [0.2, 0.25) is 0 Å². The van der Waals surface area contributed by atoms with Crippen LogP contribution in [0.15, 0.2) is 30.3 Å². The molecule has 4 nitrogen and oxygen atoms in total. The molecule has 1 aromatic rings. The number of benzene rings is 1. The molecule has 0 heterocycles. The molecule has 0 spiro atoms. The van der Waals surface area contributed by atoms with Crippen molar-refractivity contribution in [2.75, 3.05) is 26.7 Å². The minimum atomic E-state index is 0.0159. The fourth-order valence-electron chi connectivity index (χ4n) is 1.23. The summed E-state index contributed by atoms with van der Waals surface area (Å²) in [6.45, 7) is 1.62. The van der Waals surface area contributed by atoms with Gasteiger partial charge in [0.2, 0.25) is 5.91 Å². The molecule has 0 aliphatic heterocycles. The Bertz CT molecular complexity index is 301. The van der Waals surface area contributed by atoms with Gasteiger partial charge in [0, 0.05) is 6.54 Å². The first kappa shape index (κ1) is 12.5. The molecule has 88 valence electrons. The first-order valence-corrected chi connectivity index (χ1v) is 5.42. The third-order valence-electron chi connectivity index (χ3n) is 1.99. The average Bonchev–Trinajstić information content (AvgIpc) is 2.30. The van der Waals surface area contributed by atoms with Gasteiger partial charge >= 0.3 is 0 Å². The summed E-state index contributed by atoms with van der Waals surface area (Å²) in [7, 11) is 1.75. The van der Waals surface area contributed by atoms with Gasteiger partial charge in [0.1, 0.15) is 5.75 Å². The molecule has 1 aromatic carbocycles. The largest absolute Gasteiger partial charge is 0.494 e. The summed E-state index contributed by atoms with van der Waals surface area (Å²) in [5.74, 6) is 0.881. The summed E-state index contributed by atoms with van der Waals surface area (Å²) in [6.07, 6.45) is 0.810. The van der Waals surface area contributed by atoms with Crippen LogP contribution in [-0.4, -0.2) is 32.7 Å². The summed E-state index contributed by atoms with van der Waals surface area (Å²) in [6, 6.07) is 9.65. The Hall–Kier alpha value is -1.55. The second-order valence-corrected chi connectivity index (χ2v) is 3.40. The molecule has 4 heteroatoms. The Morgan fingerprint density at radius 2 is 2.06 bits per heavy atom. The van der Waals surface area contributed by atoms with Gasteiger partial charge in [0.15, 0.2) is 0 Å². The minimum Gasteiger partial charge on any atom is -0.494 e. The van der Waals surface area contributed by atoms with Crippen LogP contribution in [0.25, 0.3) is 0 Å². The van der Waals surface area contributed by atoms with Crippen molar-refractivity contribution in [2.45, 2.75) is 6.42 Å². The maximum Gasteiger partial charge on any atom is 0.233 e. The summed E-state index contributed by atoms with van der Waals surface area (Å²) >= 11 is 0. The van der Waals surface area contributed by atoms with Gasteiger partial charge in [0.25, 0.3) is 0 Å². The number of hydrogen-bond acceptors (Lipinski definition) is 3. The quantitative estimate of drug-likeness (QED) is 0.671. The van der Waals surface area contributed by atoms with Crippen molar-refractivity contribution >= 4 is 5.91 Å². The Morgan fingerprint density at radius 1 is 1.31 bits per heavy atom. The van der Waals surface area contributed by atoms with Gasteiger partial charge in [0.05, 0.1) is 13.2 Å². The van der Waals surface area contributed by atoms with Gasteiger partial charge in [-0.05, 0) is 25.6 Å². The molecule has 16 heavy (non-hydrogen) atoms. The van der Waals surface area contributed by atoms with Crippen LogP contribution in [0.4, 0.5) is 0 Å². The maximum atomic E-state index is 11.1. The molecule has 0 saturated carbocycles. The predicted octanol–water partition coefficient (Wildman–Crippen LogP) is 0.791. The lowest BCUT2D eigenvalue weighted by molar-refractivity contribution is -0.120.